The van der Waals surface area contributed by atoms with Gasteiger partial charge in [-0.25, -0.2) is 22.0 Å². The number of amides is 2. The van der Waals surface area contributed by atoms with Crippen molar-refractivity contribution in [2.75, 3.05) is 18.1 Å². The van der Waals surface area contributed by atoms with Crippen molar-refractivity contribution < 1.29 is 36.3 Å². The van der Waals surface area contributed by atoms with E-state index in [1.54, 1.807) is 13.8 Å². The number of halogens is 2. The number of ether oxygens (including phenoxy) is 1. The predicted octanol–water partition coefficient (Wildman–Crippen LogP) is 0.566. The van der Waals surface area contributed by atoms with Gasteiger partial charge in [-0.3, -0.25) is 9.59 Å². The number of esters is 1. The SMILES string of the molecule is CC(C)C(NC(=O)c1c(F)cccc1F)C(=O)OCC(=O)NC1CCS(=O)(=O)C1. The van der Waals surface area contributed by atoms with Crippen LogP contribution in [0, 0.1) is 17.6 Å². The molecule has 29 heavy (non-hydrogen) atoms. The highest BCUT2D eigenvalue weighted by atomic mass is 32.2. The van der Waals surface area contributed by atoms with E-state index >= 15 is 0 Å². The zero-order valence-electron chi connectivity index (χ0n) is 15.9. The lowest BCUT2D eigenvalue weighted by Gasteiger charge is -2.21. The molecule has 2 unspecified atom stereocenters. The number of carbonyl (C=O) groups is 3. The van der Waals surface area contributed by atoms with Crippen LogP contribution in [0.3, 0.4) is 0 Å². The summed E-state index contributed by atoms with van der Waals surface area (Å²) in [5.74, 6) is -5.62. The number of benzene rings is 1. The first kappa shape index (κ1) is 22.7. The van der Waals surface area contributed by atoms with E-state index in [1.807, 2.05) is 0 Å². The Hall–Kier alpha value is -2.56. The van der Waals surface area contributed by atoms with Crippen molar-refractivity contribution in [1.29, 1.82) is 0 Å². The fourth-order valence-corrected chi connectivity index (χ4v) is 4.50. The van der Waals surface area contributed by atoms with Gasteiger partial charge in [0.2, 0.25) is 0 Å². The highest BCUT2D eigenvalue weighted by molar-refractivity contribution is 7.91. The van der Waals surface area contributed by atoms with Crippen LogP contribution in [0.15, 0.2) is 18.2 Å². The first-order valence-corrected chi connectivity index (χ1v) is 10.7. The van der Waals surface area contributed by atoms with Gasteiger partial charge in [0.1, 0.15) is 23.2 Å². The van der Waals surface area contributed by atoms with Gasteiger partial charge in [0, 0.05) is 6.04 Å². The summed E-state index contributed by atoms with van der Waals surface area (Å²) in [6.07, 6.45) is 0.279. The maximum absolute atomic E-state index is 13.7. The summed E-state index contributed by atoms with van der Waals surface area (Å²) >= 11 is 0. The summed E-state index contributed by atoms with van der Waals surface area (Å²) in [5, 5.41) is 4.68. The summed E-state index contributed by atoms with van der Waals surface area (Å²) in [4.78, 5) is 36.3. The molecule has 1 aliphatic heterocycles. The quantitative estimate of drug-likeness (QED) is 0.608. The van der Waals surface area contributed by atoms with E-state index in [-0.39, 0.29) is 17.9 Å². The molecule has 2 atom stereocenters. The van der Waals surface area contributed by atoms with Gasteiger partial charge in [0.15, 0.2) is 16.4 Å². The van der Waals surface area contributed by atoms with Crippen molar-refractivity contribution in [1.82, 2.24) is 10.6 Å². The summed E-state index contributed by atoms with van der Waals surface area (Å²) in [6, 6.07) is 1.13. The lowest BCUT2D eigenvalue weighted by atomic mass is 10.0. The molecule has 0 bridgehead atoms. The van der Waals surface area contributed by atoms with Gasteiger partial charge in [-0.1, -0.05) is 19.9 Å². The minimum Gasteiger partial charge on any atom is -0.454 e. The molecule has 0 saturated carbocycles. The summed E-state index contributed by atoms with van der Waals surface area (Å²) in [6.45, 7) is 2.48. The van der Waals surface area contributed by atoms with Crippen molar-refractivity contribution in [2.24, 2.45) is 5.92 Å². The molecule has 1 aliphatic rings. The standard InChI is InChI=1S/C18H22F2N2O6S/c1-10(2)16(22-17(24)15-12(19)4-3-5-13(15)20)18(25)28-8-14(23)21-11-6-7-29(26,27)9-11/h3-5,10-11,16H,6-9H2,1-2H3,(H,21,23)(H,22,24). The van der Waals surface area contributed by atoms with Crippen molar-refractivity contribution in [2.45, 2.75) is 32.4 Å². The maximum atomic E-state index is 13.7. The minimum atomic E-state index is -3.18. The Balaban J connectivity index is 1.94. The van der Waals surface area contributed by atoms with Gasteiger partial charge >= 0.3 is 5.97 Å². The second kappa shape index (κ2) is 9.29. The number of hydrogen-bond acceptors (Lipinski definition) is 6. The second-order valence-corrected chi connectivity index (χ2v) is 9.30. The van der Waals surface area contributed by atoms with E-state index in [9.17, 15) is 31.6 Å². The van der Waals surface area contributed by atoms with Crippen molar-refractivity contribution in [3.63, 3.8) is 0 Å². The molecule has 11 heteroatoms. The molecule has 8 nitrogen and oxygen atoms in total. The smallest absolute Gasteiger partial charge is 0.329 e. The molecule has 0 aliphatic carbocycles. The van der Waals surface area contributed by atoms with Crippen molar-refractivity contribution >= 4 is 27.6 Å². The second-order valence-electron chi connectivity index (χ2n) is 7.07. The molecule has 2 rings (SSSR count). The number of hydrogen-bond donors (Lipinski definition) is 2. The van der Waals surface area contributed by atoms with Gasteiger partial charge in [-0.15, -0.1) is 0 Å². The van der Waals surface area contributed by atoms with Gasteiger partial charge in [-0.2, -0.15) is 0 Å². The Kier molecular flexibility index (Phi) is 7.28. The molecular formula is C18H22F2N2O6S. The molecule has 1 aromatic carbocycles. The van der Waals surface area contributed by atoms with Gasteiger partial charge < -0.3 is 15.4 Å². The summed E-state index contributed by atoms with van der Waals surface area (Å²) < 4.78 is 55.2. The highest BCUT2D eigenvalue weighted by Crippen LogP contribution is 2.14. The maximum Gasteiger partial charge on any atom is 0.329 e. The summed E-state index contributed by atoms with van der Waals surface area (Å²) in [5.41, 5.74) is -0.828. The molecule has 0 spiro atoms. The van der Waals surface area contributed by atoms with Crippen LogP contribution in [0.2, 0.25) is 0 Å². The molecule has 2 amide bonds. The van der Waals surface area contributed by atoms with E-state index in [1.165, 1.54) is 0 Å². The van der Waals surface area contributed by atoms with Crippen LogP contribution in [0.5, 0.6) is 0 Å². The average Bonchev–Trinajstić information content (AvgIpc) is 2.95. The number of nitrogens with one attached hydrogen (secondary N) is 2. The van der Waals surface area contributed by atoms with Crippen LogP contribution in [0.1, 0.15) is 30.6 Å². The van der Waals surface area contributed by atoms with Crippen LogP contribution < -0.4 is 10.6 Å². The van der Waals surface area contributed by atoms with E-state index in [0.29, 0.717) is 0 Å². The fourth-order valence-electron chi connectivity index (χ4n) is 2.83. The molecule has 0 radical (unpaired) electrons. The van der Waals surface area contributed by atoms with Gasteiger partial charge in [0.05, 0.1) is 11.5 Å². The third kappa shape index (κ3) is 6.21. The van der Waals surface area contributed by atoms with Gasteiger partial charge in [0.25, 0.3) is 11.8 Å². The topological polar surface area (TPSA) is 119 Å². The van der Waals surface area contributed by atoms with E-state index in [2.05, 4.69) is 10.6 Å². The molecule has 2 N–H and O–H groups in total. The molecule has 1 aromatic rings. The normalized spacial score (nSPS) is 18.9. The monoisotopic (exact) mass is 432 g/mol. The molecule has 1 saturated heterocycles. The lowest BCUT2D eigenvalue weighted by Crippen LogP contribution is -2.47. The first-order chi connectivity index (χ1) is 13.5. The van der Waals surface area contributed by atoms with E-state index in [4.69, 9.17) is 4.74 Å². The van der Waals surface area contributed by atoms with Crippen molar-refractivity contribution in [3.05, 3.63) is 35.4 Å². The van der Waals surface area contributed by atoms with Crippen molar-refractivity contribution in [3.8, 4) is 0 Å². The highest BCUT2D eigenvalue weighted by Gasteiger charge is 2.31. The Morgan fingerprint density at radius 1 is 1.21 bits per heavy atom. The van der Waals surface area contributed by atoms with Crippen LogP contribution in [-0.2, 0) is 24.2 Å². The van der Waals surface area contributed by atoms with Crippen LogP contribution in [0.25, 0.3) is 0 Å². The third-order valence-corrected chi connectivity index (χ3v) is 6.11. The first-order valence-electron chi connectivity index (χ1n) is 8.91. The Bertz CT molecular complexity index is 883. The van der Waals surface area contributed by atoms with Crippen LogP contribution in [0.4, 0.5) is 8.78 Å². The number of rotatable bonds is 7. The summed E-state index contributed by atoms with van der Waals surface area (Å²) in [7, 11) is -3.18. The van der Waals surface area contributed by atoms with E-state index in [0.717, 1.165) is 18.2 Å². The predicted molar refractivity (Wildman–Crippen MR) is 98.6 cm³/mol. The Morgan fingerprint density at radius 2 is 1.83 bits per heavy atom. The Labute approximate surface area is 166 Å². The molecule has 0 aromatic heterocycles. The molecule has 160 valence electrons. The van der Waals surface area contributed by atoms with Crippen LogP contribution in [-0.4, -0.2) is 56.4 Å². The van der Waals surface area contributed by atoms with E-state index < -0.39 is 69.4 Å². The van der Waals surface area contributed by atoms with Gasteiger partial charge in [-0.05, 0) is 24.5 Å². The molecule has 1 fully saturated rings. The third-order valence-electron chi connectivity index (χ3n) is 4.34. The molecular weight excluding hydrogens is 410 g/mol. The van der Waals surface area contributed by atoms with Crippen LogP contribution >= 0.6 is 0 Å². The Morgan fingerprint density at radius 3 is 2.34 bits per heavy atom. The largest absolute Gasteiger partial charge is 0.454 e. The minimum absolute atomic E-state index is 0.0220. The zero-order chi connectivity index (χ0) is 21.8. The fraction of sp³-hybridized carbons (Fsp3) is 0.500. The number of sulfone groups is 1. The number of carbonyl (C=O) groups excluding carboxylic acids is 3. The molecule has 1 heterocycles. The lowest BCUT2D eigenvalue weighted by molar-refractivity contribution is -0.151. The zero-order valence-corrected chi connectivity index (χ0v) is 16.7. The average molecular weight is 432 g/mol.